The van der Waals surface area contributed by atoms with Crippen LogP contribution in [0.25, 0.3) is 11.1 Å². The van der Waals surface area contributed by atoms with Crippen molar-refractivity contribution in [2.24, 2.45) is 0 Å². The summed E-state index contributed by atoms with van der Waals surface area (Å²) in [5.74, 6) is -1.47. The molecule has 130 valence electrons. The first-order valence-electron chi connectivity index (χ1n) is 7.92. The van der Waals surface area contributed by atoms with Crippen molar-refractivity contribution in [3.8, 4) is 11.1 Å². The number of aliphatic carboxylic acids is 1. The molecular weight excluding hydrogens is 332 g/mol. The van der Waals surface area contributed by atoms with E-state index in [-0.39, 0.29) is 5.91 Å². The maximum atomic E-state index is 12.4. The van der Waals surface area contributed by atoms with E-state index in [1.54, 1.807) is 12.1 Å². The molecule has 6 nitrogen and oxygen atoms in total. The number of pyridine rings is 1. The normalized spacial score (nSPS) is 10.3. The van der Waals surface area contributed by atoms with Crippen molar-refractivity contribution in [2.75, 3.05) is 5.32 Å². The minimum atomic E-state index is -1.13. The van der Waals surface area contributed by atoms with E-state index in [0.29, 0.717) is 11.3 Å². The third-order valence-electron chi connectivity index (χ3n) is 3.80. The number of carboxylic acids is 1. The Hall–Kier alpha value is -3.67. The van der Waals surface area contributed by atoms with Gasteiger partial charge in [-0.05, 0) is 29.3 Å². The Morgan fingerprint density at radius 1 is 0.885 bits per heavy atom. The Bertz CT molecular complexity index is 992. The Morgan fingerprint density at radius 2 is 1.54 bits per heavy atom. The molecular formula is C20H16N2O4. The second-order valence-corrected chi connectivity index (χ2v) is 5.68. The van der Waals surface area contributed by atoms with Crippen molar-refractivity contribution in [1.29, 1.82) is 0 Å². The molecule has 0 aliphatic rings. The summed E-state index contributed by atoms with van der Waals surface area (Å²) in [5, 5.41) is 11.5. The number of benzene rings is 2. The number of aromatic nitrogens is 1. The molecule has 1 heterocycles. The number of nitrogens with zero attached hydrogens (tertiary/aromatic N) is 1. The second kappa shape index (κ2) is 7.48. The topological polar surface area (TPSA) is 88.4 Å². The first kappa shape index (κ1) is 17.2. The molecule has 0 aliphatic heterocycles. The molecule has 0 aliphatic carbocycles. The fourth-order valence-electron chi connectivity index (χ4n) is 2.52. The molecule has 26 heavy (non-hydrogen) atoms. The number of amides is 1. The Labute approximate surface area is 149 Å². The molecule has 2 N–H and O–H groups in total. The summed E-state index contributed by atoms with van der Waals surface area (Å²) in [7, 11) is 0. The van der Waals surface area contributed by atoms with Crippen molar-refractivity contribution in [3.05, 3.63) is 88.8 Å². The number of hydrogen-bond acceptors (Lipinski definition) is 3. The third-order valence-corrected chi connectivity index (χ3v) is 3.80. The van der Waals surface area contributed by atoms with Gasteiger partial charge in [-0.25, -0.2) is 0 Å². The van der Waals surface area contributed by atoms with Gasteiger partial charge in [0.1, 0.15) is 6.54 Å². The van der Waals surface area contributed by atoms with Gasteiger partial charge in [0.25, 0.3) is 11.5 Å². The molecule has 0 bridgehead atoms. The molecule has 0 radical (unpaired) electrons. The number of rotatable bonds is 5. The molecule has 3 aromatic rings. The SMILES string of the molecule is O=C(O)Cn1cc(NC(=O)c2ccc(-c3ccccc3)cc2)ccc1=O. The highest BCUT2D eigenvalue weighted by molar-refractivity contribution is 6.04. The van der Waals surface area contributed by atoms with Gasteiger partial charge in [0.2, 0.25) is 0 Å². The third kappa shape index (κ3) is 4.05. The number of carbonyl (C=O) groups is 2. The largest absolute Gasteiger partial charge is 0.480 e. The molecule has 0 unspecified atom stereocenters. The fraction of sp³-hybridized carbons (Fsp3) is 0.0500. The van der Waals surface area contributed by atoms with E-state index in [0.717, 1.165) is 15.7 Å². The van der Waals surface area contributed by atoms with Crippen LogP contribution in [0.1, 0.15) is 10.4 Å². The molecule has 6 heteroatoms. The van der Waals surface area contributed by atoms with Crippen LogP contribution in [-0.4, -0.2) is 21.6 Å². The average Bonchev–Trinajstić information content (AvgIpc) is 2.65. The minimum absolute atomic E-state index is 0.342. The first-order valence-corrected chi connectivity index (χ1v) is 7.92. The lowest BCUT2D eigenvalue weighted by Gasteiger charge is -2.09. The predicted octanol–water partition coefficient (Wildman–Crippen LogP) is 2.85. The monoisotopic (exact) mass is 348 g/mol. The van der Waals surface area contributed by atoms with E-state index in [4.69, 9.17) is 5.11 Å². The van der Waals surface area contributed by atoms with Crippen LogP contribution in [-0.2, 0) is 11.3 Å². The molecule has 1 amide bonds. The Balaban J connectivity index is 1.76. The van der Waals surface area contributed by atoms with Gasteiger partial charge in [0, 0.05) is 17.8 Å². The van der Waals surface area contributed by atoms with E-state index in [2.05, 4.69) is 5.32 Å². The summed E-state index contributed by atoms with van der Waals surface area (Å²) in [5.41, 5.74) is 2.42. The zero-order valence-electron chi connectivity index (χ0n) is 13.8. The zero-order valence-corrected chi connectivity index (χ0v) is 13.8. The van der Waals surface area contributed by atoms with Crippen LogP contribution in [0, 0.1) is 0 Å². The van der Waals surface area contributed by atoms with Crippen LogP contribution in [0.15, 0.2) is 77.7 Å². The predicted molar refractivity (Wildman–Crippen MR) is 98.2 cm³/mol. The number of carbonyl (C=O) groups excluding carboxylic acids is 1. The van der Waals surface area contributed by atoms with Crippen LogP contribution < -0.4 is 10.9 Å². The van der Waals surface area contributed by atoms with Crippen molar-refractivity contribution in [3.63, 3.8) is 0 Å². The molecule has 0 fully saturated rings. The minimum Gasteiger partial charge on any atom is -0.480 e. The van der Waals surface area contributed by atoms with Gasteiger partial charge in [-0.3, -0.25) is 14.4 Å². The van der Waals surface area contributed by atoms with Gasteiger partial charge in [-0.2, -0.15) is 0 Å². The van der Waals surface area contributed by atoms with Gasteiger partial charge in [0.15, 0.2) is 0 Å². The van der Waals surface area contributed by atoms with E-state index in [1.165, 1.54) is 18.3 Å². The highest BCUT2D eigenvalue weighted by Crippen LogP contribution is 2.19. The summed E-state index contributed by atoms with van der Waals surface area (Å²) in [6.07, 6.45) is 1.31. The van der Waals surface area contributed by atoms with Crippen molar-refractivity contribution < 1.29 is 14.7 Å². The number of anilines is 1. The lowest BCUT2D eigenvalue weighted by atomic mass is 10.0. The summed E-state index contributed by atoms with van der Waals surface area (Å²) in [6, 6.07) is 19.6. The van der Waals surface area contributed by atoms with E-state index >= 15 is 0 Å². The molecule has 2 aromatic carbocycles. The van der Waals surface area contributed by atoms with Crippen LogP contribution >= 0.6 is 0 Å². The van der Waals surface area contributed by atoms with Crippen LogP contribution in [0.2, 0.25) is 0 Å². The smallest absolute Gasteiger partial charge is 0.323 e. The quantitative estimate of drug-likeness (QED) is 0.742. The first-order chi connectivity index (χ1) is 12.5. The molecule has 0 spiro atoms. The Kier molecular flexibility index (Phi) is 4.94. The van der Waals surface area contributed by atoms with Crippen molar-refractivity contribution in [2.45, 2.75) is 6.54 Å². The maximum absolute atomic E-state index is 12.4. The lowest BCUT2D eigenvalue weighted by molar-refractivity contribution is -0.137. The maximum Gasteiger partial charge on any atom is 0.323 e. The van der Waals surface area contributed by atoms with E-state index in [9.17, 15) is 14.4 Å². The van der Waals surface area contributed by atoms with Crippen LogP contribution in [0.4, 0.5) is 5.69 Å². The second-order valence-electron chi connectivity index (χ2n) is 5.68. The van der Waals surface area contributed by atoms with Gasteiger partial charge in [0.05, 0.1) is 5.69 Å². The summed E-state index contributed by atoms with van der Waals surface area (Å²) < 4.78 is 1.02. The standard InChI is InChI=1S/C20H16N2O4/c23-18-11-10-17(12-22(18)13-19(24)25)21-20(26)16-8-6-15(7-9-16)14-4-2-1-3-5-14/h1-12H,13H2,(H,21,26)(H,24,25). The molecule has 0 saturated carbocycles. The fourth-order valence-corrected chi connectivity index (χ4v) is 2.52. The van der Waals surface area contributed by atoms with Gasteiger partial charge in [-0.1, -0.05) is 42.5 Å². The van der Waals surface area contributed by atoms with Gasteiger partial charge >= 0.3 is 5.97 Å². The number of nitrogens with one attached hydrogen (secondary N) is 1. The average molecular weight is 348 g/mol. The van der Waals surface area contributed by atoms with E-state index in [1.807, 2.05) is 42.5 Å². The molecule has 1 aromatic heterocycles. The van der Waals surface area contributed by atoms with Crippen LogP contribution in [0.3, 0.4) is 0 Å². The van der Waals surface area contributed by atoms with Crippen molar-refractivity contribution >= 4 is 17.6 Å². The van der Waals surface area contributed by atoms with Crippen LogP contribution in [0.5, 0.6) is 0 Å². The summed E-state index contributed by atoms with van der Waals surface area (Å²) in [4.78, 5) is 34.8. The highest BCUT2D eigenvalue weighted by atomic mass is 16.4. The summed E-state index contributed by atoms with van der Waals surface area (Å²) >= 11 is 0. The number of hydrogen-bond donors (Lipinski definition) is 2. The van der Waals surface area contributed by atoms with Gasteiger partial charge in [-0.15, -0.1) is 0 Å². The molecule has 0 atom stereocenters. The van der Waals surface area contributed by atoms with Gasteiger partial charge < -0.3 is 15.0 Å². The Morgan fingerprint density at radius 3 is 2.19 bits per heavy atom. The number of carboxylic acid groups (broad SMARTS) is 1. The highest BCUT2D eigenvalue weighted by Gasteiger charge is 2.09. The molecule has 0 saturated heterocycles. The molecule has 3 rings (SSSR count). The lowest BCUT2D eigenvalue weighted by Crippen LogP contribution is -2.24. The van der Waals surface area contributed by atoms with E-state index < -0.39 is 18.1 Å². The van der Waals surface area contributed by atoms with Crippen molar-refractivity contribution in [1.82, 2.24) is 4.57 Å². The zero-order chi connectivity index (χ0) is 18.5. The summed E-state index contributed by atoms with van der Waals surface area (Å²) in [6.45, 7) is -0.464.